The lowest BCUT2D eigenvalue weighted by atomic mass is 10.2. The number of ether oxygens (including phenoxy) is 2. The summed E-state index contributed by atoms with van der Waals surface area (Å²) in [5, 5.41) is 6.91. The van der Waals surface area contributed by atoms with E-state index in [-0.39, 0.29) is 23.8 Å². The first-order chi connectivity index (χ1) is 12.1. The van der Waals surface area contributed by atoms with E-state index >= 15 is 0 Å². The number of nitrogens with one attached hydrogen (secondary N) is 1. The molecule has 0 radical (unpaired) electrons. The summed E-state index contributed by atoms with van der Waals surface area (Å²) in [5.74, 6) is -0.0992. The van der Waals surface area contributed by atoms with Gasteiger partial charge in [0.05, 0.1) is 12.3 Å². The highest BCUT2D eigenvalue weighted by Gasteiger charge is 2.16. The summed E-state index contributed by atoms with van der Waals surface area (Å²) in [4.78, 5) is 16.3. The van der Waals surface area contributed by atoms with Crippen LogP contribution in [0.1, 0.15) is 35.7 Å². The number of rotatable bonds is 6. The van der Waals surface area contributed by atoms with Gasteiger partial charge in [0.2, 0.25) is 5.82 Å². The first-order valence-corrected chi connectivity index (χ1v) is 8.34. The Balaban J connectivity index is 1.52. The molecule has 1 aliphatic heterocycles. The Morgan fingerprint density at radius 2 is 2.20 bits per heavy atom. The number of halogens is 1. The zero-order chi connectivity index (χ0) is 17.6. The molecular weight excluding hydrogens is 327 g/mol. The molecule has 1 fully saturated rings. The van der Waals surface area contributed by atoms with E-state index in [9.17, 15) is 9.18 Å². The molecule has 0 saturated carbocycles. The summed E-state index contributed by atoms with van der Waals surface area (Å²) in [6.07, 6.45) is 2.87. The number of carbonyl (C=O) groups excluding carboxylic acids is 1. The van der Waals surface area contributed by atoms with E-state index < -0.39 is 0 Å². The maximum Gasteiger partial charge on any atom is 0.291 e. The van der Waals surface area contributed by atoms with Crippen LogP contribution in [0, 0.1) is 12.7 Å². The molecule has 0 spiro atoms. The van der Waals surface area contributed by atoms with Crippen molar-refractivity contribution in [2.24, 2.45) is 0 Å². The Hall–Kier alpha value is -2.32. The molecule has 1 amide bonds. The van der Waals surface area contributed by atoms with Crippen molar-refractivity contribution in [2.45, 2.75) is 32.5 Å². The van der Waals surface area contributed by atoms with Gasteiger partial charge in [0.1, 0.15) is 11.6 Å². The molecule has 1 aliphatic rings. The van der Waals surface area contributed by atoms with E-state index in [1.807, 2.05) is 0 Å². The average Bonchev–Trinajstić information content (AvgIpc) is 3.02. The van der Waals surface area contributed by atoms with Crippen LogP contribution in [-0.2, 0) is 9.47 Å². The topological polar surface area (TPSA) is 78.3 Å². The van der Waals surface area contributed by atoms with Gasteiger partial charge in [-0.2, -0.15) is 0 Å². The second-order valence-electron chi connectivity index (χ2n) is 5.79. The molecule has 8 heteroatoms. The van der Waals surface area contributed by atoms with E-state index in [2.05, 4.69) is 15.4 Å². The predicted molar refractivity (Wildman–Crippen MR) is 87.9 cm³/mol. The van der Waals surface area contributed by atoms with Crippen molar-refractivity contribution in [2.75, 3.05) is 19.8 Å². The first-order valence-electron chi connectivity index (χ1n) is 8.34. The summed E-state index contributed by atoms with van der Waals surface area (Å²) < 4.78 is 25.5. The molecule has 2 aromatic rings. The van der Waals surface area contributed by atoms with Crippen molar-refractivity contribution in [3.05, 3.63) is 41.7 Å². The van der Waals surface area contributed by atoms with Gasteiger partial charge < -0.3 is 14.8 Å². The van der Waals surface area contributed by atoms with Crippen LogP contribution in [0.4, 0.5) is 4.39 Å². The Kier molecular flexibility index (Phi) is 5.72. The standard InChI is InChI=1S/C17H21FN4O3/c1-12-20-16(21-22(12)14-7-5-13(18)6-8-14)17(23)19-9-11-25-15-4-2-3-10-24-15/h5-8,15H,2-4,9-11H2,1H3,(H,19,23). The highest BCUT2D eigenvalue weighted by atomic mass is 19.1. The van der Waals surface area contributed by atoms with E-state index in [1.54, 1.807) is 19.1 Å². The van der Waals surface area contributed by atoms with Crippen LogP contribution in [-0.4, -0.2) is 46.7 Å². The lowest BCUT2D eigenvalue weighted by Gasteiger charge is -2.22. The number of carbonyl (C=O) groups is 1. The molecule has 1 atom stereocenters. The molecular formula is C17H21FN4O3. The van der Waals surface area contributed by atoms with Crippen molar-refractivity contribution in [3.8, 4) is 5.69 Å². The fourth-order valence-corrected chi connectivity index (χ4v) is 2.59. The number of benzene rings is 1. The molecule has 1 N–H and O–H groups in total. The van der Waals surface area contributed by atoms with E-state index in [0.717, 1.165) is 25.9 Å². The summed E-state index contributed by atoms with van der Waals surface area (Å²) in [6, 6.07) is 5.83. The number of hydrogen-bond donors (Lipinski definition) is 1. The maximum absolute atomic E-state index is 13.0. The van der Waals surface area contributed by atoms with Gasteiger partial charge in [0.15, 0.2) is 6.29 Å². The van der Waals surface area contributed by atoms with E-state index in [0.29, 0.717) is 24.7 Å². The summed E-state index contributed by atoms with van der Waals surface area (Å²) >= 11 is 0. The third-order valence-corrected chi connectivity index (χ3v) is 3.87. The number of amides is 1. The van der Waals surface area contributed by atoms with Crippen LogP contribution in [0.5, 0.6) is 0 Å². The summed E-state index contributed by atoms with van der Waals surface area (Å²) in [7, 11) is 0. The monoisotopic (exact) mass is 348 g/mol. The molecule has 0 aliphatic carbocycles. The third kappa shape index (κ3) is 4.61. The molecule has 2 heterocycles. The smallest absolute Gasteiger partial charge is 0.291 e. The van der Waals surface area contributed by atoms with Gasteiger partial charge in [-0.1, -0.05) is 0 Å². The van der Waals surface area contributed by atoms with Crippen molar-refractivity contribution < 1.29 is 18.7 Å². The minimum atomic E-state index is -0.378. The van der Waals surface area contributed by atoms with Gasteiger partial charge in [-0.05, 0) is 50.5 Å². The van der Waals surface area contributed by atoms with Gasteiger partial charge in [-0.3, -0.25) is 4.79 Å². The second-order valence-corrected chi connectivity index (χ2v) is 5.79. The fourth-order valence-electron chi connectivity index (χ4n) is 2.59. The molecule has 1 aromatic heterocycles. The van der Waals surface area contributed by atoms with Crippen LogP contribution < -0.4 is 5.32 Å². The number of aryl methyl sites for hydroxylation is 1. The Labute approximate surface area is 145 Å². The minimum Gasteiger partial charge on any atom is -0.353 e. The molecule has 25 heavy (non-hydrogen) atoms. The average molecular weight is 348 g/mol. The molecule has 1 aromatic carbocycles. The second kappa shape index (κ2) is 8.17. The normalized spacial score (nSPS) is 17.4. The van der Waals surface area contributed by atoms with Crippen LogP contribution in [0.15, 0.2) is 24.3 Å². The summed E-state index contributed by atoms with van der Waals surface area (Å²) in [6.45, 7) is 3.18. The zero-order valence-electron chi connectivity index (χ0n) is 14.1. The number of hydrogen-bond acceptors (Lipinski definition) is 5. The number of aromatic nitrogens is 3. The molecule has 134 valence electrons. The Morgan fingerprint density at radius 1 is 1.40 bits per heavy atom. The highest BCUT2D eigenvalue weighted by Crippen LogP contribution is 2.13. The SMILES string of the molecule is Cc1nc(C(=O)NCCOC2CCCCO2)nn1-c1ccc(F)cc1. The Morgan fingerprint density at radius 3 is 2.92 bits per heavy atom. The van der Waals surface area contributed by atoms with Crippen molar-refractivity contribution in [1.29, 1.82) is 0 Å². The molecule has 0 bridgehead atoms. The van der Waals surface area contributed by atoms with Crippen molar-refractivity contribution in [3.63, 3.8) is 0 Å². The van der Waals surface area contributed by atoms with Crippen LogP contribution >= 0.6 is 0 Å². The summed E-state index contributed by atoms with van der Waals surface area (Å²) in [5.41, 5.74) is 0.642. The maximum atomic E-state index is 13.0. The van der Waals surface area contributed by atoms with Crippen LogP contribution in [0.3, 0.4) is 0 Å². The van der Waals surface area contributed by atoms with Gasteiger partial charge in [-0.25, -0.2) is 14.1 Å². The lowest BCUT2D eigenvalue weighted by molar-refractivity contribution is -0.161. The number of nitrogens with zero attached hydrogens (tertiary/aromatic N) is 3. The molecule has 1 saturated heterocycles. The van der Waals surface area contributed by atoms with Crippen molar-refractivity contribution in [1.82, 2.24) is 20.1 Å². The zero-order valence-corrected chi connectivity index (χ0v) is 14.1. The first kappa shape index (κ1) is 17.5. The molecule has 3 rings (SSSR count). The van der Waals surface area contributed by atoms with E-state index in [1.165, 1.54) is 16.8 Å². The third-order valence-electron chi connectivity index (χ3n) is 3.87. The van der Waals surface area contributed by atoms with Gasteiger partial charge in [0.25, 0.3) is 5.91 Å². The highest BCUT2D eigenvalue weighted by molar-refractivity contribution is 5.90. The predicted octanol–water partition coefficient (Wildman–Crippen LogP) is 1.99. The largest absolute Gasteiger partial charge is 0.353 e. The van der Waals surface area contributed by atoms with Gasteiger partial charge >= 0.3 is 0 Å². The van der Waals surface area contributed by atoms with Gasteiger partial charge in [-0.15, -0.1) is 5.10 Å². The Bertz CT molecular complexity index is 711. The van der Waals surface area contributed by atoms with Gasteiger partial charge in [0, 0.05) is 13.2 Å². The quantitative estimate of drug-likeness (QED) is 0.808. The fraction of sp³-hybridized carbons (Fsp3) is 0.471. The lowest BCUT2D eigenvalue weighted by Crippen LogP contribution is -2.31. The van der Waals surface area contributed by atoms with Crippen LogP contribution in [0.25, 0.3) is 5.69 Å². The molecule has 7 nitrogen and oxygen atoms in total. The van der Waals surface area contributed by atoms with Crippen LogP contribution in [0.2, 0.25) is 0 Å². The molecule has 1 unspecified atom stereocenters. The van der Waals surface area contributed by atoms with E-state index in [4.69, 9.17) is 9.47 Å². The minimum absolute atomic E-state index is 0.0655. The van der Waals surface area contributed by atoms with Crippen molar-refractivity contribution >= 4 is 5.91 Å².